The topological polar surface area (TPSA) is 107 Å². The first-order chi connectivity index (χ1) is 21.4. The molecule has 1 aliphatic rings. The molecule has 1 aliphatic heterocycles. The number of carbonyl (C=O) groups is 3. The van der Waals surface area contributed by atoms with Crippen molar-refractivity contribution in [2.75, 3.05) is 6.61 Å². The van der Waals surface area contributed by atoms with E-state index in [-0.39, 0.29) is 13.2 Å². The molecular weight excluding hydrogens is 592 g/mol. The lowest BCUT2D eigenvalue weighted by Gasteiger charge is -2.50. The zero-order chi connectivity index (χ0) is 32.6. The van der Waals surface area contributed by atoms with Crippen molar-refractivity contribution in [3.05, 3.63) is 96.6 Å². The lowest BCUT2D eigenvalue weighted by atomic mass is 9.98. The van der Waals surface area contributed by atoms with Gasteiger partial charge in [-0.15, -0.1) is 0 Å². The molecule has 1 heterocycles. The van der Waals surface area contributed by atoms with Crippen LogP contribution < -0.4 is 10.4 Å². The molecule has 3 aromatic rings. The Morgan fingerprint density at radius 3 is 1.58 bits per heavy atom. The Balaban J connectivity index is 1.83. The van der Waals surface area contributed by atoms with Crippen LogP contribution in [-0.4, -0.2) is 63.5 Å². The largest absolute Gasteiger partial charge is 0.456 e. The van der Waals surface area contributed by atoms with Crippen LogP contribution in [0.25, 0.3) is 0 Å². The van der Waals surface area contributed by atoms with E-state index in [9.17, 15) is 14.4 Å². The number of benzene rings is 3. The van der Waals surface area contributed by atoms with Gasteiger partial charge in [-0.1, -0.05) is 112 Å². The number of rotatable bonds is 11. The number of hydrogen-bond acceptors (Lipinski definition) is 9. The molecular formula is C35H42O9Si. The van der Waals surface area contributed by atoms with Crippen LogP contribution in [0, 0.1) is 0 Å². The first-order valence-corrected chi connectivity index (χ1v) is 16.9. The molecule has 3 aromatic carbocycles. The average molecular weight is 635 g/mol. The lowest BCUT2D eigenvalue weighted by Crippen LogP contribution is -2.71. The second-order valence-corrected chi connectivity index (χ2v) is 16.3. The molecule has 0 unspecified atom stereocenters. The van der Waals surface area contributed by atoms with Gasteiger partial charge in [-0.2, -0.15) is 0 Å². The van der Waals surface area contributed by atoms with Crippen LogP contribution in [0.1, 0.15) is 47.1 Å². The van der Waals surface area contributed by atoms with E-state index in [1.165, 1.54) is 20.8 Å². The monoisotopic (exact) mass is 634 g/mol. The standard InChI is InChI=1S/C35H42O9Si/c1-24(36)40-31-30(23-39-22-27-16-10-7-11-17-27)43-34(33(42-26(3)38)32(31)41-25(2)37)44-45(35(4,5)6,28-18-12-8-13-19-28)29-20-14-9-15-21-29/h7-21,30-34H,22-23H2,1-6H3/t30-,31+,32+,33-,34+/m1/s1. The van der Waals surface area contributed by atoms with Gasteiger partial charge >= 0.3 is 17.9 Å². The predicted molar refractivity (Wildman–Crippen MR) is 170 cm³/mol. The van der Waals surface area contributed by atoms with E-state index in [0.29, 0.717) is 0 Å². The molecule has 1 saturated heterocycles. The third-order valence-corrected chi connectivity index (χ3v) is 12.6. The highest BCUT2D eigenvalue weighted by atomic mass is 28.4. The molecule has 0 aliphatic carbocycles. The third-order valence-electron chi connectivity index (χ3n) is 7.60. The number of ether oxygens (including phenoxy) is 5. The van der Waals surface area contributed by atoms with Crippen molar-refractivity contribution in [1.29, 1.82) is 0 Å². The van der Waals surface area contributed by atoms with Crippen molar-refractivity contribution in [3.63, 3.8) is 0 Å². The number of carbonyl (C=O) groups excluding carboxylic acids is 3. The molecule has 0 radical (unpaired) electrons. The molecule has 10 heteroatoms. The first kappa shape index (κ1) is 34.0. The minimum atomic E-state index is -3.27. The van der Waals surface area contributed by atoms with Crippen molar-refractivity contribution in [2.24, 2.45) is 0 Å². The van der Waals surface area contributed by atoms with Gasteiger partial charge in [-0.25, -0.2) is 0 Å². The fraction of sp³-hybridized carbons (Fsp3) is 0.400. The van der Waals surface area contributed by atoms with Crippen LogP contribution in [0.5, 0.6) is 0 Å². The fourth-order valence-electron chi connectivity index (χ4n) is 5.82. The summed E-state index contributed by atoms with van der Waals surface area (Å²) in [6.07, 6.45) is -5.80. The van der Waals surface area contributed by atoms with E-state index in [4.69, 9.17) is 28.1 Å². The zero-order valence-corrected chi connectivity index (χ0v) is 27.6. The van der Waals surface area contributed by atoms with E-state index in [0.717, 1.165) is 15.9 Å². The van der Waals surface area contributed by atoms with Crippen LogP contribution in [0.4, 0.5) is 0 Å². The molecule has 9 nitrogen and oxygen atoms in total. The van der Waals surface area contributed by atoms with Crippen LogP contribution in [0.15, 0.2) is 91.0 Å². The summed E-state index contributed by atoms with van der Waals surface area (Å²) in [5.74, 6) is -1.91. The molecule has 240 valence electrons. The number of hydrogen-bond donors (Lipinski definition) is 0. The average Bonchev–Trinajstić information content (AvgIpc) is 2.99. The Morgan fingerprint density at radius 2 is 1.11 bits per heavy atom. The van der Waals surface area contributed by atoms with Crippen molar-refractivity contribution in [2.45, 2.75) is 83.9 Å². The summed E-state index contributed by atoms with van der Waals surface area (Å²) in [4.78, 5) is 37.3. The van der Waals surface area contributed by atoms with E-state index in [1.54, 1.807) is 0 Å². The van der Waals surface area contributed by atoms with Crippen molar-refractivity contribution in [3.8, 4) is 0 Å². The van der Waals surface area contributed by atoms with Crippen LogP contribution in [0.2, 0.25) is 5.04 Å². The molecule has 0 spiro atoms. The maximum Gasteiger partial charge on any atom is 0.303 e. The quantitative estimate of drug-likeness (QED) is 0.173. The molecule has 0 amide bonds. The van der Waals surface area contributed by atoms with Gasteiger partial charge < -0.3 is 28.1 Å². The second-order valence-electron chi connectivity index (χ2n) is 12.0. The van der Waals surface area contributed by atoms with Gasteiger partial charge in [0.25, 0.3) is 8.32 Å². The Kier molecular flexibility index (Phi) is 11.3. The Labute approximate surface area is 265 Å². The highest BCUT2D eigenvalue weighted by molar-refractivity contribution is 6.99. The summed E-state index contributed by atoms with van der Waals surface area (Å²) >= 11 is 0. The van der Waals surface area contributed by atoms with Crippen molar-refractivity contribution >= 4 is 36.6 Å². The molecule has 5 atom stereocenters. The summed E-state index contributed by atoms with van der Waals surface area (Å²) in [6.45, 7) is 10.3. The van der Waals surface area contributed by atoms with Crippen LogP contribution in [0.3, 0.4) is 0 Å². The Morgan fingerprint density at radius 1 is 0.667 bits per heavy atom. The predicted octanol–water partition coefficient (Wildman–Crippen LogP) is 4.30. The van der Waals surface area contributed by atoms with Crippen molar-refractivity contribution < 1.29 is 42.5 Å². The lowest BCUT2D eigenvalue weighted by molar-refractivity contribution is -0.292. The van der Waals surface area contributed by atoms with Gasteiger partial charge in [0.15, 0.2) is 24.6 Å². The van der Waals surface area contributed by atoms with E-state index in [1.807, 2.05) is 91.0 Å². The fourth-order valence-corrected chi connectivity index (χ4v) is 10.4. The highest BCUT2D eigenvalue weighted by Crippen LogP contribution is 2.40. The molecule has 0 bridgehead atoms. The normalized spacial score (nSPS) is 21.9. The molecule has 0 aromatic heterocycles. The SMILES string of the molecule is CC(=O)O[C@H]1[C@@H](OC(C)=O)[C@@H](COCc2ccccc2)O[C@@H](O[Si](c2ccccc2)(c2ccccc2)C(C)(C)C)[C@@H]1OC(C)=O. The van der Waals surface area contributed by atoms with Gasteiger partial charge in [-0.3, -0.25) is 14.4 Å². The van der Waals surface area contributed by atoms with E-state index >= 15 is 0 Å². The molecule has 0 N–H and O–H groups in total. The Hall–Kier alpha value is -3.83. The molecule has 45 heavy (non-hydrogen) atoms. The third kappa shape index (κ3) is 8.26. The van der Waals surface area contributed by atoms with Crippen LogP contribution in [-0.2, 0) is 49.1 Å². The van der Waals surface area contributed by atoms with E-state index in [2.05, 4.69) is 20.8 Å². The van der Waals surface area contributed by atoms with Gasteiger partial charge in [0.2, 0.25) is 0 Å². The Bertz CT molecular complexity index is 1370. The zero-order valence-electron chi connectivity index (χ0n) is 26.6. The van der Waals surface area contributed by atoms with Crippen molar-refractivity contribution in [1.82, 2.24) is 0 Å². The molecule has 1 fully saturated rings. The smallest absolute Gasteiger partial charge is 0.303 e. The maximum absolute atomic E-state index is 12.5. The highest BCUT2D eigenvalue weighted by Gasteiger charge is 2.58. The second kappa shape index (κ2) is 15.0. The van der Waals surface area contributed by atoms with Gasteiger partial charge in [0.05, 0.1) is 13.2 Å². The molecule has 0 saturated carbocycles. The van der Waals surface area contributed by atoms with Gasteiger partial charge in [0, 0.05) is 20.8 Å². The summed E-state index contributed by atoms with van der Waals surface area (Å²) in [7, 11) is -3.27. The summed E-state index contributed by atoms with van der Waals surface area (Å²) in [6, 6.07) is 29.4. The van der Waals surface area contributed by atoms with Crippen LogP contribution >= 0.6 is 0 Å². The first-order valence-electron chi connectivity index (χ1n) is 15.0. The summed E-state index contributed by atoms with van der Waals surface area (Å²) < 4.78 is 37.1. The summed E-state index contributed by atoms with van der Waals surface area (Å²) in [5, 5.41) is 1.48. The summed E-state index contributed by atoms with van der Waals surface area (Å²) in [5.41, 5.74) is 0.937. The number of esters is 3. The molecule has 4 rings (SSSR count). The van der Waals surface area contributed by atoms with Gasteiger partial charge in [-0.05, 0) is 21.0 Å². The van der Waals surface area contributed by atoms with E-state index < -0.39 is 62.0 Å². The minimum absolute atomic E-state index is 0.0298. The van der Waals surface area contributed by atoms with Gasteiger partial charge in [0.1, 0.15) is 6.10 Å². The minimum Gasteiger partial charge on any atom is -0.456 e. The maximum atomic E-state index is 12.5.